The van der Waals surface area contributed by atoms with Crippen LogP contribution in [0.25, 0.3) is 0 Å². The summed E-state index contributed by atoms with van der Waals surface area (Å²) in [6, 6.07) is 11.7. The van der Waals surface area contributed by atoms with Crippen molar-refractivity contribution in [2.75, 3.05) is 25.0 Å². The Labute approximate surface area is 151 Å². The highest BCUT2D eigenvalue weighted by atomic mass is 19.1. The highest BCUT2D eigenvalue weighted by Crippen LogP contribution is 2.21. The van der Waals surface area contributed by atoms with Crippen LogP contribution >= 0.6 is 0 Å². The quantitative estimate of drug-likeness (QED) is 0.896. The second kappa shape index (κ2) is 7.56. The molecule has 136 valence electrons. The van der Waals surface area contributed by atoms with Gasteiger partial charge in [0.25, 0.3) is 5.91 Å². The summed E-state index contributed by atoms with van der Waals surface area (Å²) in [4.78, 5) is 25.9. The summed E-state index contributed by atoms with van der Waals surface area (Å²) in [5.41, 5.74) is 3.03. The van der Waals surface area contributed by atoms with Crippen molar-refractivity contribution >= 4 is 17.5 Å². The van der Waals surface area contributed by atoms with Crippen molar-refractivity contribution in [2.45, 2.75) is 13.8 Å². The number of para-hydroxylation sites is 1. The van der Waals surface area contributed by atoms with Gasteiger partial charge in [-0.1, -0.05) is 18.2 Å². The molecule has 0 aliphatic carbocycles. The number of carbonyl (C=O) groups is 2. The molecule has 26 heavy (non-hydrogen) atoms. The molecule has 0 radical (unpaired) electrons. The van der Waals surface area contributed by atoms with Crippen molar-refractivity contribution in [3.8, 4) is 5.75 Å². The molecule has 2 amide bonds. The molecule has 2 aromatic carbocycles. The minimum absolute atomic E-state index is 0.0467. The fraction of sp³-hybridized carbons (Fsp3) is 0.300. The van der Waals surface area contributed by atoms with E-state index in [1.54, 1.807) is 12.1 Å². The van der Waals surface area contributed by atoms with E-state index in [0.717, 1.165) is 11.3 Å². The highest BCUT2D eigenvalue weighted by molar-refractivity contribution is 5.94. The Hall–Kier alpha value is -2.89. The van der Waals surface area contributed by atoms with Crippen LogP contribution < -0.4 is 10.1 Å². The first-order chi connectivity index (χ1) is 12.4. The van der Waals surface area contributed by atoms with Gasteiger partial charge in [0.05, 0.1) is 5.92 Å². The molecule has 1 N–H and O–H groups in total. The monoisotopic (exact) mass is 356 g/mol. The predicted molar refractivity (Wildman–Crippen MR) is 96.5 cm³/mol. The van der Waals surface area contributed by atoms with Crippen LogP contribution in [0.5, 0.6) is 5.75 Å². The molecule has 0 saturated carbocycles. The number of nitrogens with one attached hydrogen (secondary N) is 1. The standard InChI is InChI=1S/C20H21FN2O3/c1-13-7-8-16(9-14(13)2)22-20(25)15-10-23(11-15)19(24)12-26-18-6-4-3-5-17(18)21/h3-9,15H,10-12H2,1-2H3,(H,22,25). The third-order valence-electron chi connectivity index (χ3n) is 4.57. The summed E-state index contributed by atoms with van der Waals surface area (Å²) in [5, 5.41) is 2.88. The van der Waals surface area contributed by atoms with E-state index in [0.29, 0.717) is 13.1 Å². The van der Waals surface area contributed by atoms with Crippen molar-refractivity contribution < 1.29 is 18.7 Å². The van der Waals surface area contributed by atoms with Crippen LogP contribution in [-0.2, 0) is 9.59 Å². The topological polar surface area (TPSA) is 58.6 Å². The number of ether oxygens (including phenoxy) is 1. The summed E-state index contributed by atoms with van der Waals surface area (Å²) in [5.74, 6) is -1.07. The Kier molecular flexibility index (Phi) is 5.21. The maximum atomic E-state index is 13.5. The van der Waals surface area contributed by atoms with Crippen LogP contribution in [0.4, 0.5) is 10.1 Å². The number of amides is 2. The van der Waals surface area contributed by atoms with Crippen LogP contribution in [-0.4, -0.2) is 36.4 Å². The van der Waals surface area contributed by atoms with Crippen LogP contribution in [0.3, 0.4) is 0 Å². The highest BCUT2D eigenvalue weighted by Gasteiger charge is 2.35. The Balaban J connectivity index is 1.45. The Morgan fingerprint density at radius 3 is 2.58 bits per heavy atom. The average molecular weight is 356 g/mol. The first kappa shape index (κ1) is 17.9. The molecule has 5 nitrogen and oxygen atoms in total. The van der Waals surface area contributed by atoms with Crippen LogP contribution in [0, 0.1) is 25.6 Å². The molecule has 0 spiro atoms. The number of hydrogen-bond donors (Lipinski definition) is 1. The Morgan fingerprint density at radius 2 is 1.88 bits per heavy atom. The molecule has 2 aromatic rings. The van der Waals surface area contributed by atoms with E-state index in [-0.39, 0.29) is 30.1 Å². The molecule has 0 unspecified atom stereocenters. The molecule has 3 rings (SSSR count). The van der Waals surface area contributed by atoms with Crippen LogP contribution in [0.15, 0.2) is 42.5 Å². The van der Waals surface area contributed by atoms with Crippen molar-refractivity contribution in [1.82, 2.24) is 4.90 Å². The maximum absolute atomic E-state index is 13.5. The number of benzene rings is 2. The number of likely N-dealkylation sites (tertiary alicyclic amines) is 1. The van der Waals surface area contributed by atoms with Crippen LogP contribution in [0.1, 0.15) is 11.1 Å². The first-order valence-electron chi connectivity index (χ1n) is 8.47. The summed E-state index contributed by atoms with van der Waals surface area (Å²) >= 11 is 0. The molecule has 6 heteroatoms. The number of nitrogens with zero attached hydrogens (tertiary/aromatic N) is 1. The molecule has 1 heterocycles. The number of hydrogen-bond acceptors (Lipinski definition) is 3. The number of halogens is 1. The second-order valence-corrected chi connectivity index (χ2v) is 6.50. The number of anilines is 1. The molecule has 0 atom stereocenters. The lowest BCUT2D eigenvalue weighted by Crippen LogP contribution is -2.55. The molecule has 1 aliphatic heterocycles. The molecule has 0 aromatic heterocycles. The van der Waals surface area contributed by atoms with E-state index >= 15 is 0 Å². The zero-order valence-corrected chi connectivity index (χ0v) is 14.8. The largest absolute Gasteiger partial charge is 0.481 e. The maximum Gasteiger partial charge on any atom is 0.260 e. The summed E-state index contributed by atoms with van der Waals surface area (Å²) in [6.07, 6.45) is 0. The lowest BCUT2D eigenvalue weighted by molar-refractivity contribution is -0.143. The van der Waals surface area contributed by atoms with Gasteiger partial charge in [-0.15, -0.1) is 0 Å². The van der Waals surface area contributed by atoms with E-state index in [4.69, 9.17) is 4.74 Å². The average Bonchev–Trinajstić information content (AvgIpc) is 2.56. The Morgan fingerprint density at radius 1 is 1.15 bits per heavy atom. The van der Waals surface area contributed by atoms with E-state index in [1.165, 1.54) is 22.6 Å². The lowest BCUT2D eigenvalue weighted by Gasteiger charge is -2.38. The van der Waals surface area contributed by atoms with Crippen molar-refractivity contribution in [3.05, 3.63) is 59.4 Å². The zero-order chi connectivity index (χ0) is 18.7. The molecule has 1 aliphatic rings. The smallest absolute Gasteiger partial charge is 0.260 e. The van der Waals surface area contributed by atoms with E-state index in [1.807, 2.05) is 32.0 Å². The molecular weight excluding hydrogens is 335 g/mol. The molecule has 0 bridgehead atoms. The number of carbonyl (C=O) groups excluding carboxylic acids is 2. The van der Waals surface area contributed by atoms with Crippen molar-refractivity contribution in [3.63, 3.8) is 0 Å². The normalized spacial score (nSPS) is 13.9. The molecular formula is C20H21FN2O3. The molecule has 1 fully saturated rings. The van der Waals surface area contributed by atoms with Gasteiger partial charge in [-0.3, -0.25) is 9.59 Å². The summed E-state index contributed by atoms with van der Waals surface area (Å²) < 4.78 is 18.7. The number of rotatable bonds is 5. The van der Waals surface area contributed by atoms with Gasteiger partial charge < -0.3 is 15.0 Å². The van der Waals surface area contributed by atoms with E-state index < -0.39 is 5.82 Å². The van der Waals surface area contributed by atoms with E-state index in [2.05, 4.69) is 5.32 Å². The van der Waals surface area contributed by atoms with Gasteiger partial charge >= 0.3 is 0 Å². The SMILES string of the molecule is Cc1ccc(NC(=O)C2CN(C(=O)COc3ccccc3F)C2)cc1C. The minimum Gasteiger partial charge on any atom is -0.481 e. The summed E-state index contributed by atoms with van der Waals surface area (Å²) in [7, 11) is 0. The minimum atomic E-state index is -0.505. The van der Waals surface area contributed by atoms with Gasteiger partial charge in [0.1, 0.15) is 0 Å². The first-order valence-corrected chi connectivity index (χ1v) is 8.47. The predicted octanol–water partition coefficient (Wildman–Crippen LogP) is 2.92. The van der Waals surface area contributed by atoms with Crippen molar-refractivity contribution in [1.29, 1.82) is 0 Å². The van der Waals surface area contributed by atoms with Gasteiger partial charge in [0.15, 0.2) is 18.2 Å². The zero-order valence-electron chi connectivity index (χ0n) is 14.8. The fourth-order valence-electron chi connectivity index (χ4n) is 2.70. The van der Waals surface area contributed by atoms with Crippen LogP contribution in [0.2, 0.25) is 0 Å². The fourth-order valence-corrected chi connectivity index (χ4v) is 2.70. The molecule has 1 saturated heterocycles. The van der Waals surface area contributed by atoms with Gasteiger partial charge in [-0.05, 0) is 49.2 Å². The number of aryl methyl sites for hydroxylation is 2. The van der Waals surface area contributed by atoms with Gasteiger partial charge in [-0.25, -0.2) is 4.39 Å². The van der Waals surface area contributed by atoms with Gasteiger partial charge in [-0.2, -0.15) is 0 Å². The lowest BCUT2D eigenvalue weighted by atomic mass is 9.99. The van der Waals surface area contributed by atoms with Crippen molar-refractivity contribution in [2.24, 2.45) is 5.92 Å². The third kappa shape index (κ3) is 4.02. The summed E-state index contributed by atoms with van der Waals surface area (Å²) in [6.45, 7) is 4.45. The second-order valence-electron chi connectivity index (χ2n) is 6.50. The third-order valence-corrected chi connectivity index (χ3v) is 4.57. The Bertz CT molecular complexity index is 832. The van der Waals surface area contributed by atoms with E-state index in [9.17, 15) is 14.0 Å². The van der Waals surface area contributed by atoms with Gasteiger partial charge in [0, 0.05) is 18.8 Å². The van der Waals surface area contributed by atoms with Gasteiger partial charge in [0.2, 0.25) is 5.91 Å².